The SMILES string of the molecule is O=C(NC(=NCCCc1cnc[nH]1)NCCC(c1cc(Cl)cc(Cl)c1)c1ccccn1)c1ccccc1. The predicted octanol–water partition coefficient (Wildman–Crippen LogP) is 5.64. The van der Waals surface area contributed by atoms with Crippen molar-refractivity contribution in [1.29, 1.82) is 0 Å². The van der Waals surface area contributed by atoms with Crippen molar-refractivity contribution in [3.05, 3.63) is 118 Å². The van der Waals surface area contributed by atoms with Crippen molar-refractivity contribution in [1.82, 2.24) is 25.6 Å². The number of amides is 1. The van der Waals surface area contributed by atoms with Crippen LogP contribution in [0.2, 0.25) is 10.0 Å². The van der Waals surface area contributed by atoms with Crippen molar-refractivity contribution >= 4 is 35.1 Å². The number of carbonyl (C=O) groups excluding carboxylic acids is 1. The summed E-state index contributed by atoms with van der Waals surface area (Å²) in [7, 11) is 0. The molecule has 7 nitrogen and oxygen atoms in total. The number of pyridine rings is 1. The van der Waals surface area contributed by atoms with E-state index in [4.69, 9.17) is 23.2 Å². The summed E-state index contributed by atoms with van der Waals surface area (Å²) in [6, 6.07) is 20.4. The maximum atomic E-state index is 12.8. The summed E-state index contributed by atoms with van der Waals surface area (Å²) in [5.74, 6) is 0.169. The summed E-state index contributed by atoms with van der Waals surface area (Å²) >= 11 is 12.6. The molecule has 37 heavy (non-hydrogen) atoms. The Morgan fingerprint density at radius 2 is 1.81 bits per heavy atom. The summed E-state index contributed by atoms with van der Waals surface area (Å²) in [6.45, 7) is 1.09. The molecule has 0 spiro atoms. The number of carbonyl (C=O) groups is 1. The Balaban J connectivity index is 1.45. The Labute approximate surface area is 226 Å². The second-order valence-electron chi connectivity index (χ2n) is 8.46. The first-order valence-electron chi connectivity index (χ1n) is 12.1. The van der Waals surface area contributed by atoms with Crippen LogP contribution in [0, 0.1) is 0 Å². The third-order valence-electron chi connectivity index (χ3n) is 5.75. The maximum absolute atomic E-state index is 12.8. The van der Waals surface area contributed by atoms with E-state index in [9.17, 15) is 4.79 Å². The molecule has 2 aromatic carbocycles. The Kier molecular flexibility index (Phi) is 9.68. The summed E-state index contributed by atoms with van der Waals surface area (Å²) in [6.07, 6.45) is 7.56. The van der Waals surface area contributed by atoms with Crippen molar-refractivity contribution in [3.63, 3.8) is 0 Å². The Morgan fingerprint density at radius 1 is 1.03 bits per heavy atom. The van der Waals surface area contributed by atoms with Gasteiger partial charge in [-0.2, -0.15) is 0 Å². The van der Waals surface area contributed by atoms with Gasteiger partial charge in [-0.1, -0.05) is 47.5 Å². The van der Waals surface area contributed by atoms with Gasteiger partial charge in [-0.3, -0.25) is 20.1 Å². The molecule has 2 heterocycles. The molecule has 9 heteroatoms. The minimum atomic E-state index is -0.219. The topological polar surface area (TPSA) is 95.1 Å². The molecular weight excluding hydrogens is 507 g/mol. The van der Waals surface area contributed by atoms with Crippen LogP contribution in [-0.2, 0) is 6.42 Å². The van der Waals surface area contributed by atoms with Gasteiger partial charge in [0, 0.05) is 58.4 Å². The zero-order valence-corrected chi connectivity index (χ0v) is 21.7. The molecule has 0 bridgehead atoms. The fourth-order valence-corrected chi connectivity index (χ4v) is 4.51. The van der Waals surface area contributed by atoms with Crippen LogP contribution in [0.25, 0.3) is 0 Å². The van der Waals surface area contributed by atoms with Crippen LogP contribution in [0.5, 0.6) is 0 Å². The second kappa shape index (κ2) is 13.6. The molecule has 0 saturated heterocycles. The van der Waals surface area contributed by atoms with Crippen LogP contribution in [0.15, 0.2) is 90.4 Å². The molecule has 4 aromatic rings. The van der Waals surface area contributed by atoms with Crippen LogP contribution >= 0.6 is 23.2 Å². The van der Waals surface area contributed by atoms with Gasteiger partial charge >= 0.3 is 0 Å². The average Bonchev–Trinajstić information content (AvgIpc) is 3.43. The highest BCUT2D eigenvalue weighted by Gasteiger charge is 2.17. The van der Waals surface area contributed by atoms with E-state index in [0.29, 0.717) is 41.1 Å². The Hall–Kier alpha value is -3.68. The molecule has 0 aliphatic rings. The molecule has 0 radical (unpaired) electrons. The number of nitrogens with one attached hydrogen (secondary N) is 3. The normalized spacial score (nSPS) is 12.2. The van der Waals surface area contributed by atoms with Gasteiger partial charge in [-0.25, -0.2) is 4.98 Å². The number of nitrogens with zero attached hydrogens (tertiary/aromatic N) is 3. The molecule has 1 amide bonds. The van der Waals surface area contributed by atoms with Gasteiger partial charge in [0.05, 0.1) is 6.33 Å². The third kappa shape index (κ3) is 8.17. The van der Waals surface area contributed by atoms with Gasteiger partial charge in [0.2, 0.25) is 0 Å². The fourth-order valence-electron chi connectivity index (χ4n) is 3.97. The predicted molar refractivity (Wildman–Crippen MR) is 148 cm³/mol. The first-order chi connectivity index (χ1) is 18.1. The summed E-state index contributed by atoms with van der Waals surface area (Å²) in [5.41, 5.74) is 3.50. The van der Waals surface area contributed by atoms with Crippen LogP contribution in [0.3, 0.4) is 0 Å². The fraction of sp³-hybridized carbons (Fsp3) is 0.214. The van der Waals surface area contributed by atoms with Crippen LogP contribution < -0.4 is 10.6 Å². The third-order valence-corrected chi connectivity index (χ3v) is 6.19. The molecule has 0 saturated carbocycles. The Morgan fingerprint density at radius 3 is 2.51 bits per heavy atom. The van der Waals surface area contributed by atoms with Gasteiger partial charge < -0.3 is 10.3 Å². The molecule has 1 unspecified atom stereocenters. The lowest BCUT2D eigenvalue weighted by atomic mass is 9.92. The number of imidazole rings is 1. The molecule has 0 aliphatic carbocycles. The van der Waals surface area contributed by atoms with Crippen LogP contribution in [0.4, 0.5) is 0 Å². The first kappa shape index (κ1) is 26.4. The summed E-state index contributed by atoms with van der Waals surface area (Å²) < 4.78 is 0. The van der Waals surface area contributed by atoms with Crippen molar-refractivity contribution in [3.8, 4) is 0 Å². The van der Waals surface area contributed by atoms with Crippen LogP contribution in [0.1, 0.15) is 46.1 Å². The van der Waals surface area contributed by atoms with Crippen molar-refractivity contribution in [2.24, 2.45) is 4.99 Å². The van der Waals surface area contributed by atoms with Gasteiger partial charge in [0.15, 0.2) is 5.96 Å². The van der Waals surface area contributed by atoms with Gasteiger partial charge in [-0.05, 0) is 67.3 Å². The number of guanidine groups is 1. The highest BCUT2D eigenvalue weighted by molar-refractivity contribution is 6.34. The quantitative estimate of drug-likeness (QED) is 0.139. The number of aryl methyl sites for hydroxylation is 1. The minimum absolute atomic E-state index is 0.0450. The minimum Gasteiger partial charge on any atom is -0.356 e. The van der Waals surface area contributed by atoms with Gasteiger partial charge in [0.25, 0.3) is 5.91 Å². The molecular formula is C28H28Cl2N6O. The molecule has 4 rings (SSSR count). The summed E-state index contributed by atoms with van der Waals surface area (Å²) in [4.78, 5) is 29.1. The number of aliphatic imine (C=N–C) groups is 1. The Bertz CT molecular complexity index is 1280. The number of rotatable bonds is 10. The lowest BCUT2D eigenvalue weighted by molar-refractivity contribution is 0.0975. The number of aromatic amines is 1. The first-order valence-corrected chi connectivity index (χ1v) is 12.8. The standard InChI is InChI=1S/C28H28Cl2N6O/c29-22-15-21(16-23(30)17-22)25(26-10-4-5-12-32-26)11-14-34-28(33-13-6-9-24-18-31-19-35-24)36-27(37)20-7-2-1-3-8-20/h1-5,7-8,10,12,15-19,25H,6,9,11,13-14H2,(H,31,35)(H2,33,34,36,37). The van der Waals surface area contributed by atoms with Gasteiger partial charge in [-0.15, -0.1) is 0 Å². The molecule has 0 fully saturated rings. The number of aromatic nitrogens is 3. The monoisotopic (exact) mass is 534 g/mol. The van der Waals surface area contributed by atoms with E-state index in [-0.39, 0.29) is 11.8 Å². The average molecular weight is 535 g/mol. The van der Waals surface area contributed by atoms with Gasteiger partial charge in [0.1, 0.15) is 0 Å². The molecule has 2 aromatic heterocycles. The second-order valence-corrected chi connectivity index (χ2v) is 9.33. The van der Waals surface area contributed by atoms with E-state index < -0.39 is 0 Å². The van der Waals surface area contributed by atoms with Crippen molar-refractivity contribution in [2.45, 2.75) is 25.2 Å². The van der Waals surface area contributed by atoms with E-state index in [1.54, 1.807) is 36.9 Å². The van der Waals surface area contributed by atoms with E-state index in [1.807, 2.05) is 48.5 Å². The number of H-pyrrole nitrogens is 1. The zero-order valence-electron chi connectivity index (χ0n) is 20.2. The number of hydrogen-bond donors (Lipinski definition) is 3. The smallest absolute Gasteiger partial charge is 0.257 e. The molecule has 0 aliphatic heterocycles. The lowest BCUT2D eigenvalue weighted by Gasteiger charge is -2.19. The maximum Gasteiger partial charge on any atom is 0.257 e. The van der Waals surface area contributed by atoms with E-state index >= 15 is 0 Å². The molecule has 3 N–H and O–H groups in total. The molecule has 190 valence electrons. The van der Waals surface area contributed by atoms with Crippen LogP contribution in [-0.4, -0.2) is 39.9 Å². The molecule has 1 atom stereocenters. The zero-order chi connectivity index (χ0) is 25.9. The number of hydrogen-bond acceptors (Lipinski definition) is 4. The van der Waals surface area contributed by atoms with E-state index in [0.717, 1.165) is 29.8 Å². The largest absolute Gasteiger partial charge is 0.356 e. The number of halogens is 2. The van der Waals surface area contributed by atoms with Crippen molar-refractivity contribution in [2.75, 3.05) is 13.1 Å². The highest BCUT2D eigenvalue weighted by Crippen LogP contribution is 2.30. The number of benzene rings is 2. The van der Waals surface area contributed by atoms with E-state index in [1.165, 1.54) is 0 Å². The van der Waals surface area contributed by atoms with E-state index in [2.05, 4.69) is 30.6 Å². The highest BCUT2D eigenvalue weighted by atomic mass is 35.5. The lowest BCUT2D eigenvalue weighted by Crippen LogP contribution is -2.42. The summed E-state index contributed by atoms with van der Waals surface area (Å²) in [5, 5.41) is 7.39. The van der Waals surface area contributed by atoms with Crippen molar-refractivity contribution < 1.29 is 4.79 Å².